The number of aromatic nitrogens is 2. The molecule has 1 unspecified atom stereocenters. The van der Waals surface area contributed by atoms with Crippen LogP contribution in [0.25, 0.3) is 11.5 Å². The fourth-order valence-corrected chi connectivity index (χ4v) is 2.19. The van der Waals surface area contributed by atoms with E-state index in [-0.39, 0.29) is 0 Å². The van der Waals surface area contributed by atoms with Gasteiger partial charge in [-0.25, -0.2) is 0 Å². The van der Waals surface area contributed by atoms with Crippen molar-refractivity contribution in [1.29, 1.82) is 0 Å². The monoisotopic (exact) mass is 375 g/mol. The number of ether oxygens (including phenoxy) is 1. The predicted octanol–water partition coefficient (Wildman–Crippen LogP) is 2.91. The van der Waals surface area contributed by atoms with Gasteiger partial charge in [0, 0.05) is 16.1 Å². The molecule has 2 aromatic rings. The number of benzene rings is 1. The molecule has 1 atom stereocenters. The number of halogens is 2. The Balaban J connectivity index is 2.32. The highest BCUT2D eigenvalue weighted by molar-refractivity contribution is 9.11. The van der Waals surface area contributed by atoms with E-state index in [1.54, 1.807) is 7.11 Å². The van der Waals surface area contributed by atoms with Gasteiger partial charge in [-0.05, 0) is 34.1 Å². The number of nitrogens with two attached hydrogens (primary N) is 1. The quantitative estimate of drug-likeness (QED) is 0.887. The van der Waals surface area contributed by atoms with Crippen LogP contribution in [-0.4, -0.2) is 23.9 Å². The zero-order chi connectivity index (χ0) is 13.1. The van der Waals surface area contributed by atoms with Crippen LogP contribution in [0.2, 0.25) is 0 Å². The maximum absolute atomic E-state index is 5.83. The first-order chi connectivity index (χ1) is 8.61. The summed E-state index contributed by atoms with van der Waals surface area (Å²) < 4.78 is 12.0. The van der Waals surface area contributed by atoms with Crippen LogP contribution in [-0.2, 0) is 4.74 Å². The van der Waals surface area contributed by atoms with Crippen molar-refractivity contribution in [2.75, 3.05) is 13.7 Å². The summed E-state index contributed by atoms with van der Waals surface area (Å²) in [5, 5.41) is 3.85. The van der Waals surface area contributed by atoms with E-state index >= 15 is 0 Å². The molecule has 7 heteroatoms. The van der Waals surface area contributed by atoms with E-state index in [0.717, 1.165) is 14.5 Å². The molecular weight excluding hydrogens is 366 g/mol. The average molecular weight is 377 g/mol. The summed E-state index contributed by atoms with van der Waals surface area (Å²) in [6, 6.07) is 5.32. The molecule has 1 aromatic carbocycles. The van der Waals surface area contributed by atoms with Crippen molar-refractivity contribution in [3.8, 4) is 11.5 Å². The van der Waals surface area contributed by atoms with Gasteiger partial charge in [0.1, 0.15) is 0 Å². The van der Waals surface area contributed by atoms with Crippen molar-refractivity contribution in [3.05, 3.63) is 33.0 Å². The van der Waals surface area contributed by atoms with E-state index in [0.29, 0.717) is 18.3 Å². The Morgan fingerprint density at radius 3 is 2.94 bits per heavy atom. The smallest absolute Gasteiger partial charge is 0.259 e. The van der Waals surface area contributed by atoms with Gasteiger partial charge in [0.15, 0.2) is 5.82 Å². The normalized spacial score (nSPS) is 12.7. The first kappa shape index (κ1) is 13.7. The van der Waals surface area contributed by atoms with Crippen molar-refractivity contribution in [3.63, 3.8) is 0 Å². The fourth-order valence-electron chi connectivity index (χ4n) is 1.41. The second-order valence-electron chi connectivity index (χ2n) is 3.64. The molecule has 2 rings (SSSR count). The van der Waals surface area contributed by atoms with Gasteiger partial charge in [0.2, 0.25) is 0 Å². The minimum atomic E-state index is -0.390. The first-order valence-corrected chi connectivity index (χ1v) is 6.74. The van der Waals surface area contributed by atoms with Crippen LogP contribution < -0.4 is 5.73 Å². The van der Waals surface area contributed by atoms with E-state index < -0.39 is 6.04 Å². The number of hydrogen-bond acceptors (Lipinski definition) is 5. The lowest BCUT2D eigenvalue weighted by Crippen LogP contribution is -2.17. The van der Waals surface area contributed by atoms with Crippen LogP contribution >= 0.6 is 31.9 Å². The molecule has 0 aliphatic rings. The molecular formula is C11H11Br2N3O2. The molecule has 0 aliphatic heterocycles. The van der Waals surface area contributed by atoms with Crippen molar-refractivity contribution in [2.45, 2.75) is 6.04 Å². The Kier molecular flexibility index (Phi) is 4.50. The third-order valence-electron chi connectivity index (χ3n) is 2.28. The molecule has 18 heavy (non-hydrogen) atoms. The van der Waals surface area contributed by atoms with Crippen LogP contribution in [0.5, 0.6) is 0 Å². The third kappa shape index (κ3) is 2.97. The summed E-state index contributed by atoms with van der Waals surface area (Å²) in [5.74, 6) is 0.850. The molecule has 1 heterocycles. The van der Waals surface area contributed by atoms with E-state index in [1.165, 1.54) is 0 Å². The second-order valence-corrected chi connectivity index (χ2v) is 5.41. The molecule has 96 valence electrons. The predicted molar refractivity (Wildman–Crippen MR) is 73.9 cm³/mol. The fraction of sp³-hybridized carbons (Fsp3) is 0.273. The maximum atomic E-state index is 5.83. The first-order valence-electron chi connectivity index (χ1n) is 5.15. The van der Waals surface area contributed by atoms with Gasteiger partial charge < -0.3 is 15.0 Å². The molecule has 0 saturated heterocycles. The van der Waals surface area contributed by atoms with Crippen LogP contribution in [0.3, 0.4) is 0 Å². The van der Waals surface area contributed by atoms with Crippen molar-refractivity contribution < 1.29 is 9.26 Å². The summed E-state index contributed by atoms with van der Waals surface area (Å²) in [7, 11) is 1.58. The highest BCUT2D eigenvalue weighted by atomic mass is 79.9. The lowest BCUT2D eigenvalue weighted by Gasteiger charge is -2.03. The Bertz CT molecular complexity index is 545. The van der Waals surface area contributed by atoms with Gasteiger partial charge in [0.25, 0.3) is 5.89 Å². The van der Waals surface area contributed by atoms with Gasteiger partial charge in [-0.2, -0.15) is 4.98 Å². The summed E-state index contributed by atoms with van der Waals surface area (Å²) in [5.41, 5.74) is 6.65. The number of nitrogens with zero attached hydrogens (tertiary/aromatic N) is 2. The average Bonchev–Trinajstić information content (AvgIpc) is 2.82. The molecule has 0 fully saturated rings. The molecule has 0 aliphatic carbocycles. The van der Waals surface area contributed by atoms with Gasteiger partial charge in [0.05, 0.1) is 18.2 Å². The Labute approximate surface area is 121 Å². The van der Waals surface area contributed by atoms with Crippen LogP contribution in [0.1, 0.15) is 11.9 Å². The van der Waals surface area contributed by atoms with Crippen LogP contribution in [0.4, 0.5) is 0 Å². The lowest BCUT2D eigenvalue weighted by atomic mass is 10.2. The van der Waals surface area contributed by atoms with Gasteiger partial charge >= 0.3 is 0 Å². The highest BCUT2D eigenvalue weighted by Crippen LogP contribution is 2.30. The minimum Gasteiger partial charge on any atom is -0.383 e. The molecule has 2 N–H and O–H groups in total. The number of rotatable bonds is 4. The lowest BCUT2D eigenvalue weighted by molar-refractivity contribution is 0.177. The second kappa shape index (κ2) is 5.92. The van der Waals surface area contributed by atoms with E-state index in [2.05, 4.69) is 42.0 Å². The summed E-state index contributed by atoms with van der Waals surface area (Å²) in [6.07, 6.45) is 0. The van der Waals surface area contributed by atoms with E-state index in [4.69, 9.17) is 15.0 Å². The van der Waals surface area contributed by atoms with E-state index in [9.17, 15) is 0 Å². The van der Waals surface area contributed by atoms with Crippen molar-refractivity contribution in [1.82, 2.24) is 10.1 Å². The van der Waals surface area contributed by atoms with E-state index in [1.807, 2.05) is 18.2 Å². The zero-order valence-corrected chi connectivity index (χ0v) is 12.7. The highest BCUT2D eigenvalue weighted by Gasteiger charge is 2.16. The van der Waals surface area contributed by atoms with Crippen molar-refractivity contribution in [2.24, 2.45) is 5.73 Å². The molecule has 0 bridgehead atoms. The number of hydrogen-bond donors (Lipinski definition) is 1. The Morgan fingerprint density at radius 2 is 2.22 bits per heavy atom. The number of methoxy groups -OCH3 is 1. The summed E-state index contributed by atoms with van der Waals surface area (Å²) in [6.45, 7) is 0.346. The van der Waals surface area contributed by atoms with Crippen molar-refractivity contribution >= 4 is 31.9 Å². The Hall–Kier alpha value is -0.760. The van der Waals surface area contributed by atoms with Gasteiger partial charge in [-0.3, -0.25) is 0 Å². The summed E-state index contributed by atoms with van der Waals surface area (Å²) >= 11 is 6.84. The molecule has 0 amide bonds. The largest absolute Gasteiger partial charge is 0.383 e. The molecule has 0 spiro atoms. The summed E-state index contributed by atoms with van der Waals surface area (Å²) in [4.78, 5) is 4.27. The Morgan fingerprint density at radius 1 is 1.44 bits per heavy atom. The molecule has 5 nitrogen and oxygen atoms in total. The van der Waals surface area contributed by atoms with Gasteiger partial charge in [-0.15, -0.1) is 0 Å². The molecule has 1 aromatic heterocycles. The SMILES string of the molecule is COCC(N)c1noc(-c2cc(Br)ccc2Br)n1. The van der Waals surface area contributed by atoms with Crippen LogP contribution in [0.15, 0.2) is 31.7 Å². The maximum Gasteiger partial charge on any atom is 0.259 e. The molecule has 0 radical (unpaired) electrons. The molecule has 0 saturated carbocycles. The topological polar surface area (TPSA) is 74.2 Å². The minimum absolute atomic E-state index is 0.346. The third-order valence-corrected chi connectivity index (χ3v) is 3.46. The standard InChI is InChI=1S/C11H11Br2N3O2/c1-17-5-9(14)10-15-11(18-16-10)7-4-6(12)2-3-8(7)13/h2-4,9H,5,14H2,1H3. The van der Waals surface area contributed by atoms with Crippen LogP contribution in [0, 0.1) is 0 Å². The van der Waals surface area contributed by atoms with Gasteiger partial charge in [-0.1, -0.05) is 21.1 Å². The zero-order valence-electron chi connectivity index (χ0n) is 9.56.